The molecule has 1 saturated heterocycles. The lowest BCUT2D eigenvalue weighted by molar-refractivity contribution is -0.139. The second kappa shape index (κ2) is 9.91. The average molecular weight is 471 g/mol. The van der Waals surface area contributed by atoms with Crippen molar-refractivity contribution in [3.8, 4) is 5.75 Å². The van der Waals surface area contributed by atoms with E-state index in [1.165, 1.54) is 17.9 Å². The Labute approximate surface area is 185 Å². The number of para-hydroxylation sites is 1. The number of hydrogen-bond donors (Lipinski definition) is 1. The van der Waals surface area contributed by atoms with Crippen molar-refractivity contribution in [2.45, 2.75) is 36.9 Å². The molecule has 32 heavy (non-hydrogen) atoms. The molecule has 6 nitrogen and oxygen atoms in total. The van der Waals surface area contributed by atoms with E-state index in [0.717, 1.165) is 17.9 Å². The van der Waals surface area contributed by atoms with Crippen molar-refractivity contribution < 1.29 is 31.1 Å². The van der Waals surface area contributed by atoms with Crippen LogP contribution in [0.15, 0.2) is 59.5 Å². The number of amides is 1. The fourth-order valence-corrected chi connectivity index (χ4v) is 5.03. The van der Waals surface area contributed by atoms with E-state index in [-0.39, 0.29) is 5.92 Å². The van der Waals surface area contributed by atoms with Gasteiger partial charge in [0.2, 0.25) is 15.9 Å². The highest BCUT2D eigenvalue weighted by molar-refractivity contribution is 7.89. The third-order valence-electron chi connectivity index (χ3n) is 5.34. The van der Waals surface area contributed by atoms with E-state index in [4.69, 9.17) is 4.74 Å². The number of hydrogen-bond acceptors (Lipinski definition) is 4. The number of likely N-dealkylation sites (tertiary alicyclic amines) is 1. The number of carbonyl (C=O) groups is 1. The van der Waals surface area contributed by atoms with E-state index >= 15 is 0 Å². The molecule has 0 aliphatic carbocycles. The fraction of sp³-hybridized carbons (Fsp3) is 0.409. The van der Waals surface area contributed by atoms with Gasteiger partial charge in [-0.1, -0.05) is 30.3 Å². The monoisotopic (exact) mass is 470 g/mol. The summed E-state index contributed by atoms with van der Waals surface area (Å²) in [6, 6.07) is 12.1. The first-order valence-electron chi connectivity index (χ1n) is 10.2. The highest BCUT2D eigenvalue weighted by Crippen LogP contribution is 2.34. The number of benzene rings is 2. The molecule has 0 unspecified atom stereocenters. The van der Waals surface area contributed by atoms with E-state index in [2.05, 4.69) is 4.72 Å². The zero-order valence-corrected chi connectivity index (χ0v) is 18.3. The van der Waals surface area contributed by atoms with Gasteiger partial charge in [-0.2, -0.15) is 17.9 Å². The van der Waals surface area contributed by atoms with Crippen LogP contribution in [0, 0.1) is 5.92 Å². The van der Waals surface area contributed by atoms with Gasteiger partial charge in [0.25, 0.3) is 0 Å². The van der Waals surface area contributed by atoms with Gasteiger partial charge >= 0.3 is 6.18 Å². The molecule has 0 spiro atoms. The molecule has 1 fully saturated rings. The summed E-state index contributed by atoms with van der Waals surface area (Å²) in [7, 11) is -4.54. The second-order valence-corrected chi connectivity index (χ2v) is 9.41. The van der Waals surface area contributed by atoms with Gasteiger partial charge in [-0.3, -0.25) is 4.79 Å². The number of carbonyl (C=O) groups excluding carboxylic acids is 1. The SMILES string of the molecule is C[C@H](NS(=O)(=O)c1ccccc1C(F)(F)F)C(=O)N1CCC(COc2ccccc2)CC1. The maximum Gasteiger partial charge on any atom is 0.417 e. The minimum Gasteiger partial charge on any atom is -0.493 e. The number of sulfonamides is 1. The summed E-state index contributed by atoms with van der Waals surface area (Å²) in [4.78, 5) is 13.4. The summed E-state index contributed by atoms with van der Waals surface area (Å²) in [5.41, 5.74) is -1.27. The van der Waals surface area contributed by atoms with Crippen LogP contribution in [0.1, 0.15) is 25.3 Å². The van der Waals surface area contributed by atoms with Gasteiger partial charge in [0.15, 0.2) is 0 Å². The maximum absolute atomic E-state index is 13.2. The van der Waals surface area contributed by atoms with Gasteiger partial charge in [-0.15, -0.1) is 0 Å². The molecule has 10 heteroatoms. The van der Waals surface area contributed by atoms with Crippen LogP contribution in [-0.2, 0) is 21.0 Å². The standard InChI is InChI=1S/C22H25F3N2O4S/c1-16(26-32(29,30)20-10-6-5-9-19(20)22(23,24)25)21(28)27-13-11-17(12-14-27)15-31-18-7-3-2-4-8-18/h2-10,16-17,26H,11-15H2,1H3/t16-/m0/s1. The third kappa shape index (κ3) is 6.01. The van der Waals surface area contributed by atoms with Crippen LogP contribution in [0.4, 0.5) is 13.2 Å². The van der Waals surface area contributed by atoms with Crippen molar-refractivity contribution >= 4 is 15.9 Å². The Balaban J connectivity index is 1.56. The van der Waals surface area contributed by atoms with Gasteiger partial charge < -0.3 is 9.64 Å². The average Bonchev–Trinajstić information content (AvgIpc) is 2.77. The van der Waals surface area contributed by atoms with E-state index in [1.807, 2.05) is 30.3 Å². The Morgan fingerprint density at radius 2 is 1.69 bits per heavy atom. The van der Waals surface area contributed by atoms with Crippen LogP contribution >= 0.6 is 0 Å². The molecule has 0 radical (unpaired) electrons. The lowest BCUT2D eigenvalue weighted by atomic mass is 9.97. The van der Waals surface area contributed by atoms with Crippen molar-refractivity contribution in [2.75, 3.05) is 19.7 Å². The minimum atomic E-state index is -4.83. The van der Waals surface area contributed by atoms with Gasteiger partial charge in [-0.25, -0.2) is 8.42 Å². The van der Waals surface area contributed by atoms with E-state index < -0.39 is 38.6 Å². The Bertz CT molecular complexity index is 1020. The van der Waals surface area contributed by atoms with Crippen LogP contribution < -0.4 is 9.46 Å². The summed E-state index contributed by atoms with van der Waals surface area (Å²) in [6.07, 6.45) is -3.45. The molecule has 2 aromatic carbocycles. The summed E-state index contributed by atoms with van der Waals surface area (Å²) in [6.45, 7) is 2.70. The molecule has 0 saturated carbocycles. The molecule has 1 heterocycles. The molecule has 2 aromatic rings. The van der Waals surface area contributed by atoms with E-state index in [1.54, 1.807) is 0 Å². The Morgan fingerprint density at radius 1 is 1.09 bits per heavy atom. The highest BCUT2D eigenvalue weighted by atomic mass is 32.2. The molecule has 0 aromatic heterocycles. The molecular formula is C22H25F3N2O4S. The number of alkyl halides is 3. The van der Waals surface area contributed by atoms with Crippen molar-refractivity contribution in [3.05, 3.63) is 60.2 Å². The molecule has 1 aliphatic rings. The topological polar surface area (TPSA) is 75.7 Å². The second-order valence-electron chi connectivity index (χ2n) is 7.73. The number of rotatable bonds is 7. The minimum absolute atomic E-state index is 0.255. The first-order chi connectivity index (χ1) is 15.1. The molecular weight excluding hydrogens is 445 g/mol. The number of piperidine rings is 1. The Hall–Kier alpha value is -2.59. The predicted molar refractivity (Wildman–Crippen MR) is 112 cm³/mol. The Kier molecular flexibility index (Phi) is 7.45. The van der Waals surface area contributed by atoms with Gasteiger partial charge in [0, 0.05) is 13.1 Å². The smallest absolute Gasteiger partial charge is 0.417 e. The maximum atomic E-state index is 13.2. The third-order valence-corrected chi connectivity index (χ3v) is 6.94. The van der Waals surface area contributed by atoms with Crippen LogP contribution in [-0.4, -0.2) is 45.0 Å². The zero-order chi connectivity index (χ0) is 23.4. The molecule has 174 valence electrons. The summed E-state index contributed by atoms with van der Waals surface area (Å²) in [5, 5.41) is 0. The van der Waals surface area contributed by atoms with E-state index in [0.29, 0.717) is 38.6 Å². The Morgan fingerprint density at radius 3 is 2.31 bits per heavy atom. The van der Waals surface area contributed by atoms with Crippen LogP contribution in [0.2, 0.25) is 0 Å². The molecule has 1 atom stereocenters. The number of halogens is 3. The molecule has 1 amide bonds. The molecule has 1 N–H and O–H groups in total. The summed E-state index contributed by atoms with van der Waals surface area (Å²) in [5.74, 6) is 0.554. The fourth-order valence-electron chi connectivity index (χ4n) is 3.61. The lowest BCUT2D eigenvalue weighted by Gasteiger charge is -2.33. The zero-order valence-electron chi connectivity index (χ0n) is 17.5. The van der Waals surface area contributed by atoms with Crippen molar-refractivity contribution in [1.29, 1.82) is 0 Å². The predicted octanol–water partition coefficient (Wildman–Crippen LogP) is 3.69. The van der Waals surface area contributed by atoms with Crippen molar-refractivity contribution in [2.24, 2.45) is 5.92 Å². The number of nitrogens with zero attached hydrogens (tertiary/aromatic N) is 1. The summed E-state index contributed by atoms with van der Waals surface area (Å²) < 4.78 is 72.6. The van der Waals surface area contributed by atoms with Gasteiger partial charge in [0.05, 0.1) is 23.1 Å². The van der Waals surface area contributed by atoms with Gasteiger partial charge in [0.1, 0.15) is 5.75 Å². The summed E-state index contributed by atoms with van der Waals surface area (Å²) >= 11 is 0. The highest BCUT2D eigenvalue weighted by Gasteiger charge is 2.38. The van der Waals surface area contributed by atoms with E-state index in [9.17, 15) is 26.4 Å². The first-order valence-corrected chi connectivity index (χ1v) is 11.7. The molecule has 1 aliphatic heterocycles. The number of nitrogens with one attached hydrogen (secondary N) is 1. The van der Waals surface area contributed by atoms with Crippen LogP contribution in [0.25, 0.3) is 0 Å². The molecule has 3 rings (SSSR count). The van der Waals surface area contributed by atoms with Gasteiger partial charge in [-0.05, 0) is 49.9 Å². The van der Waals surface area contributed by atoms with Crippen LogP contribution in [0.5, 0.6) is 5.75 Å². The quantitative estimate of drug-likeness (QED) is 0.670. The van der Waals surface area contributed by atoms with Crippen molar-refractivity contribution in [1.82, 2.24) is 9.62 Å². The van der Waals surface area contributed by atoms with Crippen LogP contribution in [0.3, 0.4) is 0 Å². The first kappa shape index (κ1) is 24.1. The van der Waals surface area contributed by atoms with Crippen molar-refractivity contribution in [3.63, 3.8) is 0 Å². The normalized spacial score (nSPS) is 16.6. The molecule has 0 bridgehead atoms. The number of ether oxygens (including phenoxy) is 1. The largest absolute Gasteiger partial charge is 0.493 e. The lowest BCUT2D eigenvalue weighted by Crippen LogP contribution is -2.49.